The minimum absolute atomic E-state index is 0.169. The molecular formula is C16H25BrFN. The smallest absolute Gasteiger partial charge is 0.123 e. The van der Waals surface area contributed by atoms with Crippen LogP contribution in [0, 0.1) is 11.2 Å². The third kappa shape index (κ3) is 6.05. The lowest BCUT2D eigenvalue weighted by molar-refractivity contribution is 0.331. The predicted molar refractivity (Wildman–Crippen MR) is 83.8 cm³/mol. The Hall–Kier alpha value is -0.410. The summed E-state index contributed by atoms with van der Waals surface area (Å²) in [6, 6.07) is 5.14. The molecule has 0 aliphatic carbocycles. The van der Waals surface area contributed by atoms with Gasteiger partial charge in [-0.2, -0.15) is 0 Å². The molecule has 0 saturated heterocycles. The van der Waals surface area contributed by atoms with E-state index in [0.717, 1.165) is 35.8 Å². The van der Waals surface area contributed by atoms with Crippen LogP contribution in [0.15, 0.2) is 22.7 Å². The summed E-state index contributed by atoms with van der Waals surface area (Å²) in [7, 11) is 0. The fourth-order valence-electron chi connectivity index (χ4n) is 2.05. The average molecular weight is 330 g/mol. The Morgan fingerprint density at radius 3 is 2.58 bits per heavy atom. The van der Waals surface area contributed by atoms with Gasteiger partial charge in [-0.05, 0) is 55.0 Å². The molecule has 3 heteroatoms. The van der Waals surface area contributed by atoms with E-state index in [1.807, 2.05) is 0 Å². The van der Waals surface area contributed by atoms with Crippen LogP contribution >= 0.6 is 15.9 Å². The second-order valence-corrected chi connectivity index (χ2v) is 7.13. The number of rotatable bonds is 6. The minimum atomic E-state index is -0.169. The highest BCUT2D eigenvalue weighted by Crippen LogP contribution is 2.31. The Kier molecular flexibility index (Phi) is 6.48. The minimum Gasteiger partial charge on any atom is -0.310 e. The van der Waals surface area contributed by atoms with Crippen LogP contribution in [0.25, 0.3) is 0 Å². The zero-order valence-corrected chi connectivity index (χ0v) is 14.0. The molecule has 1 atom stereocenters. The van der Waals surface area contributed by atoms with Crippen LogP contribution in [-0.4, -0.2) is 6.54 Å². The molecule has 0 radical (unpaired) electrons. The highest BCUT2D eigenvalue weighted by molar-refractivity contribution is 9.10. The van der Waals surface area contributed by atoms with Crippen molar-refractivity contribution in [1.82, 2.24) is 5.32 Å². The summed E-state index contributed by atoms with van der Waals surface area (Å²) in [6.45, 7) is 9.83. The number of hydrogen-bond acceptors (Lipinski definition) is 1. The van der Waals surface area contributed by atoms with Crippen LogP contribution in [0.3, 0.4) is 0 Å². The average Bonchev–Trinajstić information content (AvgIpc) is 2.32. The van der Waals surface area contributed by atoms with Gasteiger partial charge < -0.3 is 5.32 Å². The van der Waals surface area contributed by atoms with Gasteiger partial charge in [0.25, 0.3) is 0 Å². The van der Waals surface area contributed by atoms with Gasteiger partial charge in [0.05, 0.1) is 0 Å². The molecule has 1 aromatic rings. The molecule has 0 aliphatic heterocycles. The fourth-order valence-corrected chi connectivity index (χ4v) is 2.57. The fraction of sp³-hybridized carbons (Fsp3) is 0.625. The molecular weight excluding hydrogens is 305 g/mol. The Morgan fingerprint density at radius 2 is 2.00 bits per heavy atom. The van der Waals surface area contributed by atoms with Gasteiger partial charge in [0.15, 0.2) is 0 Å². The van der Waals surface area contributed by atoms with Crippen LogP contribution in [0.2, 0.25) is 0 Å². The largest absolute Gasteiger partial charge is 0.310 e. The zero-order chi connectivity index (χ0) is 14.5. The van der Waals surface area contributed by atoms with E-state index in [-0.39, 0.29) is 11.9 Å². The lowest BCUT2D eigenvalue weighted by Gasteiger charge is -2.25. The maximum Gasteiger partial charge on any atom is 0.123 e. The molecule has 0 saturated carbocycles. The van der Waals surface area contributed by atoms with E-state index in [0.29, 0.717) is 5.41 Å². The SMILES string of the molecule is CCCNC(CCC(C)(C)C)c1cc(F)ccc1Br. The van der Waals surface area contributed by atoms with E-state index in [9.17, 15) is 4.39 Å². The number of nitrogens with one attached hydrogen (secondary N) is 1. The van der Waals surface area contributed by atoms with E-state index in [1.54, 1.807) is 12.1 Å². The summed E-state index contributed by atoms with van der Waals surface area (Å²) >= 11 is 3.54. The monoisotopic (exact) mass is 329 g/mol. The van der Waals surface area contributed by atoms with Crippen molar-refractivity contribution in [3.05, 3.63) is 34.1 Å². The van der Waals surface area contributed by atoms with E-state index in [2.05, 4.69) is 48.9 Å². The van der Waals surface area contributed by atoms with Crippen molar-refractivity contribution in [2.45, 2.75) is 53.0 Å². The van der Waals surface area contributed by atoms with Gasteiger partial charge in [-0.15, -0.1) is 0 Å². The molecule has 19 heavy (non-hydrogen) atoms. The van der Waals surface area contributed by atoms with Gasteiger partial charge in [0.2, 0.25) is 0 Å². The van der Waals surface area contributed by atoms with Crippen molar-refractivity contribution < 1.29 is 4.39 Å². The van der Waals surface area contributed by atoms with Crippen molar-refractivity contribution in [2.24, 2.45) is 5.41 Å². The van der Waals surface area contributed by atoms with Crippen LogP contribution < -0.4 is 5.32 Å². The van der Waals surface area contributed by atoms with Crippen LogP contribution in [0.1, 0.15) is 58.6 Å². The molecule has 0 spiro atoms. The molecule has 1 N–H and O–H groups in total. The van der Waals surface area contributed by atoms with E-state index in [1.165, 1.54) is 6.07 Å². The van der Waals surface area contributed by atoms with Gasteiger partial charge in [-0.25, -0.2) is 4.39 Å². The van der Waals surface area contributed by atoms with Crippen LogP contribution in [0.5, 0.6) is 0 Å². The number of hydrogen-bond donors (Lipinski definition) is 1. The first-order chi connectivity index (χ1) is 8.83. The summed E-state index contributed by atoms with van der Waals surface area (Å²) in [5, 5.41) is 3.53. The van der Waals surface area contributed by atoms with Crippen molar-refractivity contribution in [3.8, 4) is 0 Å². The summed E-state index contributed by atoms with van der Waals surface area (Å²) < 4.78 is 14.4. The molecule has 0 fully saturated rings. The molecule has 0 aromatic heterocycles. The first-order valence-corrected chi connectivity index (χ1v) is 7.81. The van der Waals surface area contributed by atoms with Crippen LogP contribution in [-0.2, 0) is 0 Å². The maximum absolute atomic E-state index is 13.5. The lowest BCUT2D eigenvalue weighted by atomic mass is 9.87. The second kappa shape index (κ2) is 7.39. The molecule has 1 nitrogen and oxygen atoms in total. The first kappa shape index (κ1) is 16.6. The Balaban J connectivity index is 2.85. The quantitative estimate of drug-likeness (QED) is 0.731. The topological polar surface area (TPSA) is 12.0 Å². The van der Waals surface area contributed by atoms with Gasteiger partial charge in [0.1, 0.15) is 5.82 Å². The van der Waals surface area contributed by atoms with Crippen LogP contribution in [0.4, 0.5) is 4.39 Å². The van der Waals surface area contributed by atoms with Crippen molar-refractivity contribution >= 4 is 15.9 Å². The van der Waals surface area contributed by atoms with Gasteiger partial charge in [-0.3, -0.25) is 0 Å². The van der Waals surface area contributed by atoms with Gasteiger partial charge in [0, 0.05) is 10.5 Å². The third-order valence-electron chi connectivity index (χ3n) is 3.16. The first-order valence-electron chi connectivity index (χ1n) is 7.02. The summed E-state index contributed by atoms with van der Waals surface area (Å²) in [5.41, 5.74) is 1.32. The van der Waals surface area contributed by atoms with Crippen molar-refractivity contribution in [1.29, 1.82) is 0 Å². The van der Waals surface area contributed by atoms with E-state index in [4.69, 9.17) is 0 Å². The van der Waals surface area contributed by atoms with E-state index >= 15 is 0 Å². The molecule has 0 bridgehead atoms. The highest BCUT2D eigenvalue weighted by Gasteiger charge is 2.18. The molecule has 1 unspecified atom stereocenters. The third-order valence-corrected chi connectivity index (χ3v) is 3.88. The molecule has 1 aromatic carbocycles. The number of halogens is 2. The molecule has 108 valence electrons. The predicted octanol–water partition coefficient (Wildman–Crippen LogP) is 5.46. The summed E-state index contributed by atoms with van der Waals surface area (Å²) in [5.74, 6) is -0.169. The Morgan fingerprint density at radius 1 is 1.32 bits per heavy atom. The Bertz CT molecular complexity index is 398. The standard InChI is InChI=1S/C16H25BrFN/c1-5-10-19-15(8-9-16(2,3)4)13-11-12(18)6-7-14(13)17/h6-7,11,15,19H,5,8-10H2,1-4H3. The Labute approximate surface area is 125 Å². The van der Waals surface area contributed by atoms with Gasteiger partial charge >= 0.3 is 0 Å². The number of benzene rings is 1. The molecule has 0 aliphatic rings. The van der Waals surface area contributed by atoms with Gasteiger partial charge in [-0.1, -0.05) is 43.6 Å². The lowest BCUT2D eigenvalue weighted by Crippen LogP contribution is -2.24. The molecule has 1 rings (SSSR count). The maximum atomic E-state index is 13.5. The van der Waals surface area contributed by atoms with E-state index < -0.39 is 0 Å². The second-order valence-electron chi connectivity index (χ2n) is 6.27. The highest BCUT2D eigenvalue weighted by atomic mass is 79.9. The summed E-state index contributed by atoms with van der Waals surface area (Å²) in [4.78, 5) is 0. The molecule has 0 amide bonds. The van der Waals surface area contributed by atoms with Crippen molar-refractivity contribution in [3.63, 3.8) is 0 Å². The van der Waals surface area contributed by atoms with Crippen molar-refractivity contribution in [2.75, 3.05) is 6.54 Å². The normalized spacial score (nSPS) is 13.6. The molecule has 0 heterocycles. The summed E-state index contributed by atoms with van der Waals surface area (Å²) in [6.07, 6.45) is 3.21. The zero-order valence-electron chi connectivity index (χ0n) is 12.4.